The Morgan fingerprint density at radius 3 is 2.33 bits per heavy atom. The zero-order valence-corrected chi connectivity index (χ0v) is 11.0. The number of nitrogens with zero attached hydrogens (tertiary/aromatic N) is 1. The molecule has 0 fully saturated rings. The van der Waals surface area contributed by atoms with Gasteiger partial charge in [0.05, 0.1) is 6.10 Å². The molecule has 15 heavy (non-hydrogen) atoms. The summed E-state index contributed by atoms with van der Waals surface area (Å²) in [6.07, 6.45) is 0.925. The lowest BCUT2D eigenvalue weighted by molar-refractivity contribution is 0.101. The third-order valence-corrected chi connectivity index (χ3v) is 2.69. The van der Waals surface area contributed by atoms with Crippen LogP contribution in [0.1, 0.15) is 34.1 Å². The lowest BCUT2D eigenvalue weighted by atomic mass is 10.0. The van der Waals surface area contributed by atoms with Crippen LogP contribution >= 0.6 is 0 Å². The first kappa shape index (κ1) is 14.9. The summed E-state index contributed by atoms with van der Waals surface area (Å²) in [5, 5.41) is 12.9. The van der Waals surface area contributed by atoms with Gasteiger partial charge in [0.15, 0.2) is 0 Å². The van der Waals surface area contributed by atoms with Gasteiger partial charge in [-0.05, 0) is 32.9 Å². The third-order valence-electron chi connectivity index (χ3n) is 2.69. The van der Waals surface area contributed by atoms with Crippen molar-refractivity contribution in [3.63, 3.8) is 0 Å². The summed E-state index contributed by atoms with van der Waals surface area (Å²) in [5.41, 5.74) is 0. The quantitative estimate of drug-likeness (QED) is 0.642. The van der Waals surface area contributed by atoms with Gasteiger partial charge in [0, 0.05) is 19.1 Å². The fraction of sp³-hybridized carbons (Fsp3) is 1.00. The van der Waals surface area contributed by atoms with Gasteiger partial charge in [-0.15, -0.1) is 0 Å². The first-order valence-corrected chi connectivity index (χ1v) is 6.06. The van der Waals surface area contributed by atoms with Gasteiger partial charge < -0.3 is 15.3 Å². The molecule has 0 aromatic rings. The molecule has 92 valence electrons. The van der Waals surface area contributed by atoms with Crippen LogP contribution in [-0.4, -0.2) is 48.8 Å². The third kappa shape index (κ3) is 7.77. The van der Waals surface area contributed by atoms with Crippen molar-refractivity contribution in [3.8, 4) is 0 Å². The van der Waals surface area contributed by atoms with Crippen molar-refractivity contribution in [3.05, 3.63) is 0 Å². The smallest absolute Gasteiger partial charge is 0.0791 e. The van der Waals surface area contributed by atoms with Crippen molar-refractivity contribution in [1.82, 2.24) is 10.2 Å². The highest BCUT2D eigenvalue weighted by atomic mass is 16.3. The Kier molecular flexibility index (Phi) is 8.02. The maximum atomic E-state index is 9.73. The average molecular weight is 216 g/mol. The summed E-state index contributed by atoms with van der Waals surface area (Å²) < 4.78 is 0. The maximum Gasteiger partial charge on any atom is 0.0791 e. The molecule has 3 nitrogen and oxygen atoms in total. The second kappa shape index (κ2) is 8.08. The molecule has 0 aliphatic rings. The van der Waals surface area contributed by atoms with E-state index in [9.17, 15) is 5.11 Å². The fourth-order valence-corrected chi connectivity index (χ4v) is 1.75. The number of aliphatic hydroxyl groups excluding tert-OH is 1. The van der Waals surface area contributed by atoms with Gasteiger partial charge in [-0.2, -0.15) is 0 Å². The van der Waals surface area contributed by atoms with Crippen LogP contribution in [0.4, 0.5) is 0 Å². The van der Waals surface area contributed by atoms with E-state index in [1.807, 2.05) is 0 Å². The number of rotatable bonds is 8. The van der Waals surface area contributed by atoms with Gasteiger partial charge in [0.2, 0.25) is 0 Å². The first-order valence-electron chi connectivity index (χ1n) is 6.06. The van der Waals surface area contributed by atoms with E-state index < -0.39 is 0 Å². The zero-order chi connectivity index (χ0) is 11.8. The topological polar surface area (TPSA) is 35.5 Å². The summed E-state index contributed by atoms with van der Waals surface area (Å²) in [7, 11) is 2.09. The predicted octanol–water partition coefficient (Wildman–Crippen LogP) is 1.32. The normalized spacial score (nSPS) is 16.0. The Morgan fingerprint density at radius 2 is 1.87 bits per heavy atom. The lowest BCUT2D eigenvalue weighted by Crippen LogP contribution is -2.40. The summed E-state index contributed by atoms with van der Waals surface area (Å²) in [6, 6.07) is 0.543. The first-order chi connectivity index (χ1) is 6.97. The van der Waals surface area contributed by atoms with Crippen LogP contribution in [0.2, 0.25) is 0 Å². The molecule has 2 unspecified atom stereocenters. The number of likely N-dealkylation sites (N-methyl/N-ethyl adjacent to an activating group) is 2. The van der Waals surface area contributed by atoms with Crippen molar-refractivity contribution in [2.75, 3.05) is 26.7 Å². The van der Waals surface area contributed by atoms with E-state index in [1.54, 1.807) is 0 Å². The van der Waals surface area contributed by atoms with E-state index >= 15 is 0 Å². The Hall–Kier alpha value is -0.120. The molecule has 0 heterocycles. The van der Waals surface area contributed by atoms with Crippen molar-refractivity contribution >= 4 is 0 Å². The molecule has 0 aromatic heterocycles. The molecule has 0 aliphatic heterocycles. The van der Waals surface area contributed by atoms with Gasteiger partial charge in [-0.25, -0.2) is 0 Å². The second-order valence-electron chi connectivity index (χ2n) is 4.88. The average Bonchev–Trinajstić information content (AvgIpc) is 2.13. The molecule has 3 heteroatoms. The fourth-order valence-electron chi connectivity index (χ4n) is 1.75. The molecule has 0 saturated heterocycles. The molecule has 2 N–H and O–H groups in total. The number of hydrogen-bond acceptors (Lipinski definition) is 3. The van der Waals surface area contributed by atoms with Crippen molar-refractivity contribution in [1.29, 1.82) is 0 Å². The van der Waals surface area contributed by atoms with Crippen molar-refractivity contribution in [2.45, 2.75) is 46.3 Å². The molecule has 0 radical (unpaired) electrons. The highest BCUT2D eigenvalue weighted by Crippen LogP contribution is 2.09. The number of hydrogen-bond donors (Lipinski definition) is 2. The summed E-state index contributed by atoms with van der Waals surface area (Å²) in [5.74, 6) is 0.716. The van der Waals surface area contributed by atoms with Gasteiger partial charge in [0.1, 0.15) is 0 Å². The maximum absolute atomic E-state index is 9.73. The minimum absolute atomic E-state index is 0.260. The molecule has 0 aromatic carbocycles. The summed E-state index contributed by atoms with van der Waals surface area (Å²) in [6.45, 7) is 11.1. The molecule has 0 amide bonds. The molecule has 2 atom stereocenters. The molecular weight excluding hydrogens is 188 g/mol. The van der Waals surface area contributed by atoms with Crippen LogP contribution in [0.3, 0.4) is 0 Å². The molecule has 0 aliphatic carbocycles. The van der Waals surface area contributed by atoms with E-state index in [-0.39, 0.29) is 6.10 Å². The van der Waals surface area contributed by atoms with Crippen LogP contribution in [-0.2, 0) is 0 Å². The van der Waals surface area contributed by atoms with E-state index in [0.29, 0.717) is 18.5 Å². The van der Waals surface area contributed by atoms with E-state index in [0.717, 1.165) is 13.1 Å². The SMILES string of the molecule is CCNCC(O)CN(C)C(C)CC(C)C. The molecular formula is C12H28N2O. The van der Waals surface area contributed by atoms with Crippen molar-refractivity contribution < 1.29 is 5.11 Å². The van der Waals surface area contributed by atoms with E-state index in [4.69, 9.17) is 0 Å². The van der Waals surface area contributed by atoms with Crippen LogP contribution < -0.4 is 5.32 Å². The van der Waals surface area contributed by atoms with Crippen LogP contribution in [0.15, 0.2) is 0 Å². The lowest BCUT2D eigenvalue weighted by Gasteiger charge is -2.28. The largest absolute Gasteiger partial charge is 0.390 e. The molecule has 0 saturated carbocycles. The minimum Gasteiger partial charge on any atom is -0.390 e. The van der Waals surface area contributed by atoms with Gasteiger partial charge in [-0.1, -0.05) is 20.8 Å². The second-order valence-corrected chi connectivity index (χ2v) is 4.88. The Morgan fingerprint density at radius 1 is 1.27 bits per heavy atom. The minimum atomic E-state index is -0.260. The van der Waals surface area contributed by atoms with Gasteiger partial charge in [0.25, 0.3) is 0 Å². The number of nitrogens with one attached hydrogen (secondary N) is 1. The van der Waals surface area contributed by atoms with Crippen molar-refractivity contribution in [2.24, 2.45) is 5.92 Å². The Balaban J connectivity index is 3.74. The van der Waals surface area contributed by atoms with Gasteiger partial charge in [-0.3, -0.25) is 0 Å². The highest BCUT2D eigenvalue weighted by Gasteiger charge is 2.14. The standard InChI is InChI=1S/C12H28N2O/c1-6-13-8-12(15)9-14(5)11(4)7-10(2)3/h10-13,15H,6-9H2,1-5H3. The number of aliphatic hydroxyl groups is 1. The van der Waals surface area contributed by atoms with Gasteiger partial charge >= 0.3 is 0 Å². The predicted molar refractivity (Wildman–Crippen MR) is 66.1 cm³/mol. The molecule has 0 rings (SSSR count). The van der Waals surface area contributed by atoms with Crippen LogP contribution in [0, 0.1) is 5.92 Å². The Bertz CT molecular complexity index is 151. The van der Waals surface area contributed by atoms with Crippen LogP contribution in [0.5, 0.6) is 0 Å². The van der Waals surface area contributed by atoms with Crippen LogP contribution in [0.25, 0.3) is 0 Å². The highest BCUT2D eigenvalue weighted by molar-refractivity contribution is 4.70. The summed E-state index contributed by atoms with van der Waals surface area (Å²) in [4.78, 5) is 2.24. The van der Waals surface area contributed by atoms with E-state index in [2.05, 4.69) is 45.0 Å². The monoisotopic (exact) mass is 216 g/mol. The Labute approximate surface area is 94.9 Å². The summed E-state index contributed by atoms with van der Waals surface area (Å²) >= 11 is 0. The van der Waals surface area contributed by atoms with E-state index in [1.165, 1.54) is 6.42 Å². The molecule has 0 spiro atoms. The zero-order valence-electron chi connectivity index (χ0n) is 11.0. The molecule has 0 bridgehead atoms.